The molecule has 0 saturated heterocycles. The van der Waals surface area contributed by atoms with Gasteiger partial charge in [-0.25, -0.2) is 0 Å². The number of benzene rings is 1. The predicted molar refractivity (Wildman–Crippen MR) is 49.0 cm³/mol. The summed E-state index contributed by atoms with van der Waals surface area (Å²) in [6, 6.07) is 7.18. The van der Waals surface area contributed by atoms with Crippen molar-refractivity contribution in [2.45, 2.75) is 6.92 Å². The fourth-order valence-electron chi connectivity index (χ4n) is 0.872. The zero-order valence-corrected chi connectivity index (χ0v) is 7.19. The van der Waals surface area contributed by atoms with Gasteiger partial charge >= 0.3 is 6.02 Å². The van der Waals surface area contributed by atoms with Crippen LogP contribution in [0, 0.1) is 18.4 Å². The van der Waals surface area contributed by atoms with Gasteiger partial charge in [0, 0.05) is 0 Å². The Labute approximate surface area is 76.3 Å². The maximum atomic E-state index is 8.17. The van der Waals surface area contributed by atoms with Gasteiger partial charge in [-0.05, 0) is 24.6 Å². The summed E-state index contributed by atoms with van der Waals surface area (Å²) in [6.07, 6.45) is 1.54. The monoisotopic (exact) mass is 175 g/mol. The standard InChI is InChI=1S/C9H9N3O/c1-7-3-2-4-8(5-7)13-9(11)12-6-10/h2-5H,1H3,(H2,11,12). The number of aliphatic imine (C=N–C) groups is 1. The quantitative estimate of drug-likeness (QED) is 0.395. The van der Waals surface area contributed by atoms with Crippen molar-refractivity contribution >= 4 is 6.02 Å². The SMILES string of the molecule is Cc1cccc(OC(N)=NC#N)c1. The summed E-state index contributed by atoms with van der Waals surface area (Å²) in [6.45, 7) is 1.94. The van der Waals surface area contributed by atoms with Crippen molar-refractivity contribution in [3.05, 3.63) is 29.8 Å². The average Bonchev–Trinajstić information content (AvgIpc) is 2.04. The van der Waals surface area contributed by atoms with Gasteiger partial charge in [0.2, 0.25) is 6.19 Å². The molecule has 0 saturated carbocycles. The maximum Gasteiger partial charge on any atom is 0.302 e. The van der Waals surface area contributed by atoms with E-state index in [1.807, 2.05) is 19.1 Å². The molecule has 0 aromatic heterocycles. The van der Waals surface area contributed by atoms with E-state index in [0.717, 1.165) is 5.56 Å². The number of nitrogens with zero attached hydrogens (tertiary/aromatic N) is 2. The van der Waals surface area contributed by atoms with E-state index in [1.54, 1.807) is 18.3 Å². The molecule has 0 atom stereocenters. The molecule has 0 aliphatic heterocycles. The van der Waals surface area contributed by atoms with Crippen LogP contribution in [0.2, 0.25) is 0 Å². The molecule has 4 heteroatoms. The van der Waals surface area contributed by atoms with Crippen LogP contribution in [-0.2, 0) is 0 Å². The molecule has 13 heavy (non-hydrogen) atoms. The normalized spacial score (nSPS) is 10.6. The summed E-state index contributed by atoms with van der Waals surface area (Å²) >= 11 is 0. The number of amidine groups is 1. The molecule has 4 nitrogen and oxygen atoms in total. The lowest BCUT2D eigenvalue weighted by Gasteiger charge is -2.02. The van der Waals surface area contributed by atoms with E-state index in [-0.39, 0.29) is 6.02 Å². The van der Waals surface area contributed by atoms with E-state index >= 15 is 0 Å². The Morgan fingerprint density at radius 3 is 3.00 bits per heavy atom. The minimum Gasteiger partial charge on any atom is -0.426 e. The zero-order chi connectivity index (χ0) is 9.68. The molecule has 0 aliphatic rings. The molecule has 0 heterocycles. The molecule has 0 aliphatic carbocycles. The van der Waals surface area contributed by atoms with Crippen LogP contribution in [0.3, 0.4) is 0 Å². The van der Waals surface area contributed by atoms with Crippen LogP contribution in [0.25, 0.3) is 0 Å². The van der Waals surface area contributed by atoms with Gasteiger partial charge in [0.25, 0.3) is 0 Å². The molecule has 0 bridgehead atoms. The number of nitriles is 1. The lowest BCUT2D eigenvalue weighted by molar-refractivity contribution is 0.542. The molecule has 0 fully saturated rings. The summed E-state index contributed by atoms with van der Waals surface area (Å²) in [5.41, 5.74) is 6.33. The zero-order valence-electron chi connectivity index (χ0n) is 7.19. The van der Waals surface area contributed by atoms with Crippen molar-refractivity contribution in [2.75, 3.05) is 0 Å². The van der Waals surface area contributed by atoms with E-state index in [2.05, 4.69) is 4.99 Å². The van der Waals surface area contributed by atoms with Gasteiger partial charge in [-0.15, -0.1) is 4.99 Å². The molecule has 1 aromatic rings. The van der Waals surface area contributed by atoms with Crippen molar-refractivity contribution in [1.29, 1.82) is 5.26 Å². The third-order valence-electron chi connectivity index (χ3n) is 1.37. The molecule has 1 aromatic carbocycles. The summed E-state index contributed by atoms with van der Waals surface area (Å²) < 4.78 is 5.04. The maximum absolute atomic E-state index is 8.17. The average molecular weight is 175 g/mol. The molecular formula is C9H9N3O. The van der Waals surface area contributed by atoms with Crippen LogP contribution in [-0.4, -0.2) is 6.02 Å². The molecule has 0 amide bonds. The first-order valence-corrected chi connectivity index (χ1v) is 3.69. The topological polar surface area (TPSA) is 71.4 Å². The van der Waals surface area contributed by atoms with Crippen LogP contribution in [0.15, 0.2) is 29.3 Å². The van der Waals surface area contributed by atoms with Crippen LogP contribution >= 0.6 is 0 Å². The number of hydrogen-bond donors (Lipinski definition) is 1. The second-order valence-electron chi connectivity index (χ2n) is 2.47. The molecule has 0 spiro atoms. The third-order valence-corrected chi connectivity index (χ3v) is 1.37. The number of rotatable bonds is 1. The highest BCUT2D eigenvalue weighted by molar-refractivity contribution is 5.75. The van der Waals surface area contributed by atoms with Crippen LogP contribution in [0.4, 0.5) is 0 Å². The molecule has 1 rings (SSSR count). The van der Waals surface area contributed by atoms with Crippen LogP contribution in [0.5, 0.6) is 5.75 Å². The van der Waals surface area contributed by atoms with E-state index in [4.69, 9.17) is 15.7 Å². The number of nitrogens with two attached hydrogens (primary N) is 1. The fraction of sp³-hybridized carbons (Fsp3) is 0.111. The Bertz CT molecular complexity index is 365. The highest BCUT2D eigenvalue weighted by atomic mass is 16.5. The van der Waals surface area contributed by atoms with Gasteiger partial charge in [0.15, 0.2) is 0 Å². The van der Waals surface area contributed by atoms with Crippen molar-refractivity contribution in [1.82, 2.24) is 0 Å². The Hall–Kier alpha value is -2.02. The summed E-state index contributed by atoms with van der Waals surface area (Å²) in [5, 5.41) is 8.17. The van der Waals surface area contributed by atoms with Crippen molar-refractivity contribution < 1.29 is 4.74 Å². The van der Waals surface area contributed by atoms with Crippen LogP contribution in [0.1, 0.15) is 5.56 Å². The molecular weight excluding hydrogens is 166 g/mol. The van der Waals surface area contributed by atoms with Crippen molar-refractivity contribution in [2.24, 2.45) is 10.7 Å². The van der Waals surface area contributed by atoms with E-state index in [0.29, 0.717) is 5.75 Å². The molecule has 66 valence electrons. The first kappa shape index (κ1) is 9.07. The van der Waals surface area contributed by atoms with Crippen molar-refractivity contribution in [3.63, 3.8) is 0 Å². The third kappa shape index (κ3) is 2.83. The first-order valence-electron chi connectivity index (χ1n) is 3.69. The van der Waals surface area contributed by atoms with E-state index < -0.39 is 0 Å². The lowest BCUT2D eigenvalue weighted by Crippen LogP contribution is -2.19. The second kappa shape index (κ2) is 4.12. The van der Waals surface area contributed by atoms with Crippen molar-refractivity contribution in [3.8, 4) is 11.9 Å². The van der Waals surface area contributed by atoms with Gasteiger partial charge in [0.1, 0.15) is 5.75 Å². The van der Waals surface area contributed by atoms with Gasteiger partial charge in [-0.3, -0.25) is 0 Å². The smallest absolute Gasteiger partial charge is 0.302 e. The minimum atomic E-state index is -0.145. The largest absolute Gasteiger partial charge is 0.426 e. The lowest BCUT2D eigenvalue weighted by atomic mass is 10.2. The molecule has 0 radical (unpaired) electrons. The Morgan fingerprint density at radius 2 is 2.38 bits per heavy atom. The molecule has 0 unspecified atom stereocenters. The van der Waals surface area contributed by atoms with E-state index in [1.165, 1.54) is 0 Å². The van der Waals surface area contributed by atoms with Crippen LogP contribution < -0.4 is 10.5 Å². The van der Waals surface area contributed by atoms with Gasteiger partial charge in [0.05, 0.1) is 0 Å². The Balaban J connectivity index is 2.76. The van der Waals surface area contributed by atoms with Gasteiger partial charge in [-0.2, -0.15) is 5.26 Å². The summed E-state index contributed by atoms with van der Waals surface area (Å²) in [7, 11) is 0. The highest BCUT2D eigenvalue weighted by Gasteiger charge is 1.96. The minimum absolute atomic E-state index is 0.145. The highest BCUT2D eigenvalue weighted by Crippen LogP contribution is 2.11. The molecule has 2 N–H and O–H groups in total. The van der Waals surface area contributed by atoms with Gasteiger partial charge in [-0.1, -0.05) is 12.1 Å². The number of aryl methyl sites for hydroxylation is 1. The summed E-state index contributed by atoms with van der Waals surface area (Å²) in [5.74, 6) is 0.580. The first-order chi connectivity index (χ1) is 6.22. The Kier molecular flexibility index (Phi) is 2.87. The number of hydrogen-bond acceptors (Lipinski definition) is 3. The Morgan fingerprint density at radius 1 is 1.62 bits per heavy atom. The second-order valence-corrected chi connectivity index (χ2v) is 2.47. The van der Waals surface area contributed by atoms with E-state index in [9.17, 15) is 0 Å². The van der Waals surface area contributed by atoms with Gasteiger partial charge < -0.3 is 10.5 Å². The number of ether oxygens (including phenoxy) is 1. The predicted octanol–water partition coefficient (Wildman–Crippen LogP) is 1.17. The summed E-state index contributed by atoms with van der Waals surface area (Å²) in [4.78, 5) is 3.23. The fourth-order valence-corrected chi connectivity index (χ4v) is 0.872.